The number of nitrogens with zero attached hydrogens (tertiary/aromatic N) is 1. The van der Waals surface area contributed by atoms with Gasteiger partial charge in [-0.05, 0) is 31.0 Å². The number of nitrogens with one attached hydrogen (secondary N) is 1. The normalized spacial score (nSPS) is 20.0. The maximum absolute atomic E-state index is 12.4. The summed E-state index contributed by atoms with van der Waals surface area (Å²) >= 11 is 1.87. The Morgan fingerprint density at radius 1 is 1.24 bits per heavy atom. The van der Waals surface area contributed by atoms with Crippen molar-refractivity contribution < 1.29 is 9.59 Å². The lowest BCUT2D eigenvalue weighted by atomic mass is 10.1. The summed E-state index contributed by atoms with van der Waals surface area (Å²) in [5.74, 6) is 1.83. The van der Waals surface area contributed by atoms with Gasteiger partial charge < -0.3 is 16.0 Å². The third kappa shape index (κ3) is 3.22. The number of amides is 2. The summed E-state index contributed by atoms with van der Waals surface area (Å²) in [6.07, 6.45) is 1.45. The van der Waals surface area contributed by atoms with Gasteiger partial charge in [-0.2, -0.15) is 11.8 Å². The van der Waals surface area contributed by atoms with Crippen LogP contribution in [0.5, 0.6) is 0 Å². The monoisotopic (exact) mass is 305 g/mol. The van der Waals surface area contributed by atoms with Crippen molar-refractivity contribution in [3.63, 3.8) is 0 Å². The highest BCUT2D eigenvalue weighted by atomic mass is 32.2. The molecular weight excluding hydrogens is 286 g/mol. The fourth-order valence-corrected chi connectivity index (χ4v) is 3.20. The second kappa shape index (κ2) is 5.69. The quantitative estimate of drug-likeness (QED) is 0.883. The van der Waals surface area contributed by atoms with Crippen LogP contribution in [0.2, 0.25) is 0 Å². The van der Waals surface area contributed by atoms with Gasteiger partial charge in [0.1, 0.15) is 0 Å². The second-order valence-electron chi connectivity index (χ2n) is 5.60. The Kier molecular flexibility index (Phi) is 3.91. The minimum Gasteiger partial charge on any atom is -0.337 e. The lowest BCUT2D eigenvalue weighted by molar-refractivity contribution is -0.118. The van der Waals surface area contributed by atoms with E-state index in [-0.39, 0.29) is 11.8 Å². The number of benzene rings is 1. The fraction of sp³-hybridized carbons (Fsp3) is 0.467. The molecule has 1 aliphatic carbocycles. The van der Waals surface area contributed by atoms with Gasteiger partial charge in [-0.1, -0.05) is 6.07 Å². The zero-order valence-electron chi connectivity index (χ0n) is 11.8. The van der Waals surface area contributed by atoms with Gasteiger partial charge in [0, 0.05) is 35.8 Å². The first-order chi connectivity index (χ1) is 10.1. The molecule has 0 bridgehead atoms. The molecule has 3 rings (SSSR count). The van der Waals surface area contributed by atoms with Gasteiger partial charge in [0.05, 0.1) is 5.54 Å². The summed E-state index contributed by atoms with van der Waals surface area (Å²) in [5, 5.41) is 2.80. The summed E-state index contributed by atoms with van der Waals surface area (Å²) < 4.78 is 0. The van der Waals surface area contributed by atoms with E-state index in [1.54, 1.807) is 24.3 Å². The van der Waals surface area contributed by atoms with Crippen molar-refractivity contribution in [2.24, 2.45) is 5.73 Å². The van der Waals surface area contributed by atoms with E-state index in [9.17, 15) is 9.59 Å². The van der Waals surface area contributed by atoms with Gasteiger partial charge in [0.25, 0.3) is 5.91 Å². The maximum atomic E-state index is 12.4. The minimum absolute atomic E-state index is 0.0280. The van der Waals surface area contributed by atoms with Gasteiger partial charge in [0.2, 0.25) is 5.91 Å². The Balaban J connectivity index is 1.70. The molecule has 0 spiro atoms. The number of nitrogens with two attached hydrogens (primary N) is 1. The van der Waals surface area contributed by atoms with E-state index in [1.165, 1.54) is 0 Å². The van der Waals surface area contributed by atoms with E-state index < -0.39 is 5.54 Å². The standard InChI is InChI=1S/C15H19N3O2S/c16-15(4-5-15)14(20)17-12-3-1-2-11(10-12)13(19)18-6-8-21-9-7-18/h1-3,10H,4-9,16H2,(H,17,20). The summed E-state index contributed by atoms with van der Waals surface area (Å²) in [7, 11) is 0. The second-order valence-corrected chi connectivity index (χ2v) is 6.82. The first kappa shape index (κ1) is 14.4. The smallest absolute Gasteiger partial charge is 0.253 e. The molecule has 21 heavy (non-hydrogen) atoms. The van der Waals surface area contributed by atoms with Crippen molar-refractivity contribution in [2.75, 3.05) is 29.9 Å². The Hall–Kier alpha value is -1.53. The molecule has 1 heterocycles. The van der Waals surface area contributed by atoms with Gasteiger partial charge in [-0.25, -0.2) is 0 Å². The molecule has 2 aliphatic rings. The van der Waals surface area contributed by atoms with Gasteiger partial charge in [0.15, 0.2) is 0 Å². The van der Waals surface area contributed by atoms with Gasteiger partial charge in [-0.3, -0.25) is 9.59 Å². The molecule has 2 fully saturated rings. The topological polar surface area (TPSA) is 75.4 Å². The minimum atomic E-state index is -0.704. The predicted molar refractivity (Wildman–Crippen MR) is 84.5 cm³/mol. The highest BCUT2D eigenvalue weighted by molar-refractivity contribution is 7.99. The van der Waals surface area contributed by atoms with Crippen LogP contribution in [0.1, 0.15) is 23.2 Å². The molecule has 5 nitrogen and oxygen atoms in total. The Labute approximate surface area is 128 Å². The van der Waals surface area contributed by atoms with Crippen molar-refractivity contribution in [3.8, 4) is 0 Å². The number of hydrogen-bond acceptors (Lipinski definition) is 4. The van der Waals surface area contributed by atoms with Gasteiger partial charge in [-0.15, -0.1) is 0 Å². The lowest BCUT2D eigenvalue weighted by Crippen LogP contribution is -2.38. The van der Waals surface area contributed by atoms with E-state index in [4.69, 9.17) is 5.73 Å². The molecule has 6 heteroatoms. The predicted octanol–water partition coefficient (Wildman–Crippen LogP) is 1.31. The molecule has 2 amide bonds. The van der Waals surface area contributed by atoms with Crippen molar-refractivity contribution in [2.45, 2.75) is 18.4 Å². The molecule has 0 atom stereocenters. The number of anilines is 1. The van der Waals surface area contributed by atoms with Crippen LogP contribution in [0.3, 0.4) is 0 Å². The van der Waals surface area contributed by atoms with E-state index in [1.807, 2.05) is 16.7 Å². The Bertz CT molecular complexity index is 566. The fourth-order valence-electron chi connectivity index (χ4n) is 2.30. The molecule has 0 unspecified atom stereocenters. The lowest BCUT2D eigenvalue weighted by Gasteiger charge is -2.26. The largest absolute Gasteiger partial charge is 0.337 e. The Morgan fingerprint density at radius 3 is 2.62 bits per heavy atom. The highest BCUT2D eigenvalue weighted by Crippen LogP contribution is 2.33. The molecule has 1 aromatic carbocycles. The van der Waals surface area contributed by atoms with Crippen molar-refractivity contribution in [1.82, 2.24) is 4.90 Å². The zero-order valence-corrected chi connectivity index (χ0v) is 12.6. The van der Waals surface area contributed by atoms with Crippen LogP contribution in [0.25, 0.3) is 0 Å². The molecular formula is C15H19N3O2S. The van der Waals surface area contributed by atoms with Crippen LogP contribution in [-0.4, -0.2) is 46.8 Å². The van der Waals surface area contributed by atoms with Crippen molar-refractivity contribution in [1.29, 1.82) is 0 Å². The maximum Gasteiger partial charge on any atom is 0.253 e. The average Bonchev–Trinajstić information content (AvgIpc) is 3.27. The molecule has 1 saturated heterocycles. The van der Waals surface area contributed by atoms with E-state index in [0.717, 1.165) is 37.4 Å². The molecule has 0 aromatic heterocycles. The third-order valence-corrected chi connectivity index (χ3v) is 4.85. The SMILES string of the molecule is NC1(C(=O)Nc2cccc(C(=O)N3CCSCC3)c2)CC1. The average molecular weight is 305 g/mol. The van der Waals surface area contributed by atoms with Crippen molar-refractivity contribution >= 4 is 29.3 Å². The van der Waals surface area contributed by atoms with Crippen molar-refractivity contribution in [3.05, 3.63) is 29.8 Å². The third-order valence-electron chi connectivity index (χ3n) is 3.91. The van der Waals surface area contributed by atoms with E-state index in [2.05, 4.69) is 5.32 Å². The van der Waals surface area contributed by atoms with E-state index in [0.29, 0.717) is 11.3 Å². The van der Waals surface area contributed by atoms with Crippen LogP contribution in [-0.2, 0) is 4.79 Å². The number of carbonyl (C=O) groups excluding carboxylic acids is 2. The van der Waals surface area contributed by atoms with Crippen LogP contribution in [0.15, 0.2) is 24.3 Å². The summed E-state index contributed by atoms with van der Waals surface area (Å²) in [6.45, 7) is 1.57. The zero-order chi connectivity index (χ0) is 14.9. The van der Waals surface area contributed by atoms with Crippen LogP contribution in [0, 0.1) is 0 Å². The number of thioether (sulfide) groups is 1. The number of carbonyl (C=O) groups is 2. The Morgan fingerprint density at radius 2 is 1.95 bits per heavy atom. The summed E-state index contributed by atoms with van der Waals surface area (Å²) in [4.78, 5) is 26.2. The van der Waals surface area contributed by atoms with Crippen LogP contribution in [0.4, 0.5) is 5.69 Å². The first-order valence-electron chi connectivity index (χ1n) is 7.16. The van der Waals surface area contributed by atoms with E-state index >= 15 is 0 Å². The summed E-state index contributed by atoms with van der Waals surface area (Å²) in [6, 6.07) is 7.09. The molecule has 112 valence electrons. The molecule has 0 radical (unpaired) electrons. The number of rotatable bonds is 3. The molecule has 1 aliphatic heterocycles. The van der Waals surface area contributed by atoms with Gasteiger partial charge >= 0.3 is 0 Å². The molecule has 3 N–H and O–H groups in total. The van der Waals surface area contributed by atoms with Crippen LogP contribution >= 0.6 is 11.8 Å². The first-order valence-corrected chi connectivity index (χ1v) is 8.31. The molecule has 1 aromatic rings. The number of hydrogen-bond donors (Lipinski definition) is 2. The highest BCUT2D eigenvalue weighted by Gasteiger charge is 2.45. The summed E-state index contributed by atoms with van der Waals surface area (Å²) in [5.41, 5.74) is 6.40. The van der Waals surface area contributed by atoms with Crippen LogP contribution < -0.4 is 11.1 Å². The molecule has 1 saturated carbocycles.